The summed E-state index contributed by atoms with van der Waals surface area (Å²) in [4.78, 5) is 4.74. The molecule has 1 nitrogen and oxygen atoms in total. The summed E-state index contributed by atoms with van der Waals surface area (Å²) in [6, 6.07) is 6.76. The van der Waals surface area contributed by atoms with Crippen LogP contribution in [0.4, 0.5) is 4.39 Å². The maximum Gasteiger partial charge on any atom is 0.123 e. The second kappa shape index (κ2) is 6.35. The second-order valence-corrected chi connectivity index (χ2v) is 7.57. The number of rotatable bonds is 4. The maximum absolute atomic E-state index is 13.0. The lowest BCUT2D eigenvalue weighted by Crippen LogP contribution is -2.12. The first-order valence-electron chi connectivity index (χ1n) is 6.66. The molecule has 0 aliphatic carbocycles. The van der Waals surface area contributed by atoms with Crippen molar-refractivity contribution in [1.29, 1.82) is 0 Å². The van der Waals surface area contributed by atoms with Crippen molar-refractivity contribution in [2.45, 2.75) is 38.5 Å². The van der Waals surface area contributed by atoms with E-state index in [9.17, 15) is 4.39 Å². The quantitative estimate of drug-likeness (QED) is 0.678. The SMILES string of the molecule is CC(C)(C)c1csc(CC(CBr)c2ccc(F)cc2)n1. The second-order valence-electron chi connectivity index (χ2n) is 5.98. The molecule has 2 aromatic rings. The lowest BCUT2D eigenvalue weighted by Gasteiger charge is -2.15. The summed E-state index contributed by atoms with van der Waals surface area (Å²) < 4.78 is 13.0. The van der Waals surface area contributed by atoms with Gasteiger partial charge in [-0.3, -0.25) is 0 Å². The Bertz CT molecular complexity index is 557. The van der Waals surface area contributed by atoms with Crippen molar-refractivity contribution in [3.63, 3.8) is 0 Å². The zero-order valence-electron chi connectivity index (χ0n) is 12.0. The fourth-order valence-electron chi connectivity index (χ4n) is 1.96. The summed E-state index contributed by atoms with van der Waals surface area (Å²) in [6.45, 7) is 6.52. The van der Waals surface area contributed by atoms with E-state index < -0.39 is 0 Å². The van der Waals surface area contributed by atoms with E-state index in [1.54, 1.807) is 11.3 Å². The molecule has 4 heteroatoms. The molecular weight excluding hydrogens is 337 g/mol. The zero-order valence-corrected chi connectivity index (χ0v) is 14.4. The highest BCUT2D eigenvalue weighted by Crippen LogP contribution is 2.28. The van der Waals surface area contributed by atoms with Gasteiger partial charge in [-0.1, -0.05) is 48.8 Å². The zero-order chi connectivity index (χ0) is 14.8. The minimum Gasteiger partial charge on any atom is -0.246 e. The average Bonchev–Trinajstić information content (AvgIpc) is 2.85. The third-order valence-corrected chi connectivity index (χ3v) is 4.92. The first-order chi connectivity index (χ1) is 9.40. The van der Waals surface area contributed by atoms with Gasteiger partial charge in [0.1, 0.15) is 5.82 Å². The van der Waals surface area contributed by atoms with Crippen LogP contribution in [0.1, 0.15) is 43.0 Å². The monoisotopic (exact) mass is 355 g/mol. The molecule has 108 valence electrons. The fraction of sp³-hybridized carbons (Fsp3) is 0.438. The number of benzene rings is 1. The number of thiazole rings is 1. The molecule has 0 saturated heterocycles. The third kappa shape index (κ3) is 3.89. The normalized spacial score (nSPS) is 13.4. The molecule has 20 heavy (non-hydrogen) atoms. The Kier molecular flexibility index (Phi) is 4.97. The third-order valence-electron chi connectivity index (χ3n) is 3.27. The van der Waals surface area contributed by atoms with Crippen molar-refractivity contribution >= 4 is 27.3 Å². The van der Waals surface area contributed by atoms with Crippen LogP contribution < -0.4 is 0 Å². The number of alkyl halides is 1. The molecule has 0 spiro atoms. The van der Waals surface area contributed by atoms with Gasteiger partial charge in [-0.15, -0.1) is 11.3 Å². The fourth-order valence-corrected chi connectivity index (χ4v) is 3.66. The summed E-state index contributed by atoms with van der Waals surface area (Å²) >= 11 is 5.27. The molecule has 0 N–H and O–H groups in total. The highest BCUT2D eigenvalue weighted by molar-refractivity contribution is 9.09. The predicted octanol–water partition coefficient (Wildman–Crippen LogP) is 5.30. The molecule has 1 atom stereocenters. The Hall–Kier alpha value is -0.740. The van der Waals surface area contributed by atoms with Crippen molar-refractivity contribution in [3.8, 4) is 0 Å². The number of hydrogen-bond acceptors (Lipinski definition) is 2. The highest BCUT2D eigenvalue weighted by atomic mass is 79.9. The van der Waals surface area contributed by atoms with Gasteiger partial charge in [0, 0.05) is 22.5 Å². The molecule has 0 bridgehead atoms. The van der Waals surface area contributed by atoms with E-state index in [1.807, 2.05) is 12.1 Å². The first-order valence-corrected chi connectivity index (χ1v) is 8.66. The number of nitrogens with zero attached hydrogens (tertiary/aromatic N) is 1. The summed E-state index contributed by atoms with van der Waals surface area (Å²) in [5, 5.41) is 4.14. The van der Waals surface area contributed by atoms with E-state index in [1.165, 1.54) is 12.1 Å². The van der Waals surface area contributed by atoms with Crippen molar-refractivity contribution in [2.24, 2.45) is 0 Å². The molecule has 0 amide bonds. The summed E-state index contributed by atoms with van der Waals surface area (Å²) in [5.41, 5.74) is 2.38. The van der Waals surface area contributed by atoms with Crippen molar-refractivity contribution in [3.05, 3.63) is 51.7 Å². The molecule has 0 radical (unpaired) electrons. The molecule has 0 aliphatic heterocycles. The van der Waals surface area contributed by atoms with E-state index in [-0.39, 0.29) is 11.2 Å². The summed E-state index contributed by atoms with van der Waals surface area (Å²) in [6.07, 6.45) is 0.887. The van der Waals surface area contributed by atoms with E-state index >= 15 is 0 Å². The number of halogens is 2. The summed E-state index contributed by atoms with van der Waals surface area (Å²) in [7, 11) is 0. The van der Waals surface area contributed by atoms with Crippen molar-refractivity contribution < 1.29 is 4.39 Å². The van der Waals surface area contributed by atoms with Gasteiger partial charge in [0.25, 0.3) is 0 Å². The molecule has 1 aromatic carbocycles. The largest absolute Gasteiger partial charge is 0.246 e. The smallest absolute Gasteiger partial charge is 0.123 e. The van der Waals surface area contributed by atoms with Crippen LogP contribution in [0.2, 0.25) is 0 Å². The van der Waals surface area contributed by atoms with Crippen LogP contribution in [0.5, 0.6) is 0 Å². The molecule has 0 saturated carbocycles. The lowest BCUT2D eigenvalue weighted by atomic mass is 9.93. The summed E-state index contributed by atoms with van der Waals surface area (Å²) in [5.74, 6) is 0.140. The minimum absolute atomic E-state index is 0.0918. The molecular formula is C16H19BrFNS. The molecule has 1 aromatic heterocycles. The molecule has 2 rings (SSSR count). The van der Waals surface area contributed by atoms with Gasteiger partial charge in [0.2, 0.25) is 0 Å². The van der Waals surface area contributed by atoms with Crippen LogP contribution in [0.25, 0.3) is 0 Å². The molecule has 1 unspecified atom stereocenters. The van der Waals surface area contributed by atoms with Crippen molar-refractivity contribution in [1.82, 2.24) is 4.98 Å². The number of hydrogen-bond donors (Lipinski definition) is 0. The van der Waals surface area contributed by atoms with Gasteiger partial charge in [-0.25, -0.2) is 9.37 Å². The van der Waals surface area contributed by atoms with E-state index in [4.69, 9.17) is 4.98 Å². The Morgan fingerprint density at radius 3 is 2.40 bits per heavy atom. The predicted molar refractivity (Wildman–Crippen MR) is 87.5 cm³/mol. The average molecular weight is 356 g/mol. The Balaban J connectivity index is 2.14. The van der Waals surface area contributed by atoms with Crippen LogP contribution in [0.3, 0.4) is 0 Å². The van der Waals surface area contributed by atoms with Crippen LogP contribution in [0, 0.1) is 5.82 Å². The topological polar surface area (TPSA) is 12.9 Å². The van der Waals surface area contributed by atoms with Crippen LogP contribution in [-0.4, -0.2) is 10.3 Å². The lowest BCUT2D eigenvalue weighted by molar-refractivity contribution is 0.569. The van der Waals surface area contributed by atoms with Crippen LogP contribution in [-0.2, 0) is 11.8 Å². The van der Waals surface area contributed by atoms with E-state index in [0.717, 1.165) is 28.0 Å². The van der Waals surface area contributed by atoms with Gasteiger partial charge in [0.15, 0.2) is 0 Å². The minimum atomic E-state index is -0.189. The van der Waals surface area contributed by atoms with E-state index in [2.05, 4.69) is 42.1 Å². The highest BCUT2D eigenvalue weighted by Gasteiger charge is 2.19. The maximum atomic E-state index is 13.0. The molecule has 0 aliphatic rings. The molecule has 1 heterocycles. The van der Waals surface area contributed by atoms with Gasteiger partial charge in [-0.2, -0.15) is 0 Å². The Morgan fingerprint density at radius 1 is 1.25 bits per heavy atom. The Morgan fingerprint density at radius 2 is 1.90 bits per heavy atom. The standard InChI is InChI=1S/C16H19BrFNS/c1-16(2,3)14-10-20-15(19-14)8-12(9-17)11-4-6-13(18)7-5-11/h4-7,10,12H,8-9H2,1-3H3. The number of aromatic nitrogens is 1. The van der Waals surface area contributed by atoms with Gasteiger partial charge in [-0.05, 0) is 23.6 Å². The van der Waals surface area contributed by atoms with Crippen molar-refractivity contribution in [2.75, 3.05) is 5.33 Å². The van der Waals surface area contributed by atoms with Crippen LogP contribution in [0.15, 0.2) is 29.6 Å². The van der Waals surface area contributed by atoms with Gasteiger partial charge in [0.05, 0.1) is 10.7 Å². The van der Waals surface area contributed by atoms with Gasteiger partial charge < -0.3 is 0 Å². The molecule has 0 fully saturated rings. The first kappa shape index (κ1) is 15.6. The Labute approximate surface area is 132 Å². The van der Waals surface area contributed by atoms with Gasteiger partial charge >= 0.3 is 0 Å². The van der Waals surface area contributed by atoms with E-state index in [0.29, 0.717) is 5.92 Å². The van der Waals surface area contributed by atoms with Crippen LogP contribution >= 0.6 is 27.3 Å².